The summed E-state index contributed by atoms with van der Waals surface area (Å²) in [4.78, 5) is 22.4. The number of nitro benzene ring substituents is 1. The average Bonchev–Trinajstić information content (AvgIpc) is 2.28. The molecule has 1 aliphatic carbocycles. The third-order valence-electron chi connectivity index (χ3n) is 3.43. The third-order valence-corrected chi connectivity index (χ3v) is 4.08. The van der Waals surface area contributed by atoms with Gasteiger partial charge in [-0.1, -0.05) is 0 Å². The quantitative estimate of drug-likeness (QED) is 0.658. The highest BCUT2D eigenvalue weighted by Crippen LogP contribution is 2.34. The second kappa shape index (κ2) is 4.90. The molecular weight excluding hydrogens is 314 g/mol. The summed E-state index contributed by atoms with van der Waals surface area (Å²) in [5, 5.41) is 13.5. The van der Waals surface area contributed by atoms with Crippen molar-refractivity contribution in [2.24, 2.45) is 5.73 Å². The van der Waals surface area contributed by atoms with E-state index in [1.54, 1.807) is 13.0 Å². The number of hydrogen-bond donors (Lipinski definition) is 2. The first-order valence-electron chi connectivity index (χ1n) is 5.88. The molecule has 0 aromatic heterocycles. The normalized spacial score (nSPS) is 16.6. The Bertz CT molecular complexity index is 555. The molecule has 0 radical (unpaired) electrons. The van der Waals surface area contributed by atoms with Gasteiger partial charge in [0.1, 0.15) is 0 Å². The first-order chi connectivity index (χ1) is 8.83. The summed E-state index contributed by atoms with van der Waals surface area (Å²) in [5.41, 5.74) is 5.95. The van der Waals surface area contributed by atoms with Crippen LogP contribution in [0.5, 0.6) is 0 Å². The molecule has 6 nitrogen and oxygen atoms in total. The molecule has 1 amide bonds. The van der Waals surface area contributed by atoms with Crippen molar-refractivity contribution in [1.29, 1.82) is 0 Å². The van der Waals surface area contributed by atoms with Gasteiger partial charge < -0.3 is 11.1 Å². The SMILES string of the molecule is Cc1cc(Br)c(NC(=O)C2(N)CCC2)cc1[N+](=O)[O-]. The number of nitro groups is 1. The summed E-state index contributed by atoms with van der Waals surface area (Å²) in [5.74, 6) is -0.294. The van der Waals surface area contributed by atoms with E-state index >= 15 is 0 Å². The average molecular weight is 328 g/mol. The highest BCUT2D eigenvalue weighted by atomic mass is 79.9. The molecular formula is C12H14BrN3O3. The fourth-order valence-corrected chi connectivity index (χ4v) is 2.54. The van der Waals surface area contributed by atoms with Crippen molar-refractivity contribution in [2.45, 2.75) is 31.7 Å². The first kappa shape index (κ1) is 14.0. The van der Waals surface area contributed by atoms with E-state index in [0.717, 1.165) is 6.42 Å². The molecule has 1 aromatic rings. The van der Waals surface area contributed by atoms with Crippen molar-refractivity contribution in [2.75, 3.05) is 5.32 Å². The maximum Gasteiger partial charge on any atom is 0.274 e. The van der Waals surface area contributed by atoms with Crippen LogP contribution in [-0.4, -0.2) is 16.4 Å². The zero-order chi connectivity index (χ0) is 14.2. The van der Waals surface area contributed by atoms with E-state index in [4.69, 9.17) is 5.73 Å². The largest absolute Gasteiger partial charge is 0.323 e. The number of halogens is 1. The summed E-state index contributed by atoms with van der Waals surface area (Å²) < 4.78 is 0.604. The van der Waals surface area contributed by atoms with E-state index in [1.807, 2.05) is 0 Å². The van der Waals surface area contributed by atoms with Crippen LogP contribution in [0.1, 0.15) is 24.8 Å². The second-order valence-corrected chi connectivity index (χ2v) is 5.69. The lowest BCUT2D eigenvalue weighted by molar-refractivity contribution is -0.385. The van der Waals surface area contributed by atoms with Crippen LogP contribution in [0, 0.1) is 17.0 Å². The lowest BCUT2D eigenvalue weighted by Crippen LogP contribution is -2.56. The van der Waals surface area contributed by atoms with Crippen LogP contribution in [0.25, 0.3) is 0 Å². The van der Waals surface area contributed by atoms with Crippen LogP contribution in [0.2, 0.25) is 0 Å². The predicted octanol–water partition coefficient (Wildman–Crippen LogP) is 2.49. The highest BCUT2D eigenvalue weighted by molar-refractivity contribution is 9.10. The molecule has 19 heavy (non-hydrogen) atoms. The van der Waals surface area contributed by atoms with Gasteiger partial charge in [-0.2, -0.15) is 0 Å². The molecule has 0 saturated heterocycles. The molecule has 0 unspecified atom stereocenters. The van der Waals surface area contributed by atoms with Crippen LogP contribution >= 0.6 is 15.9 Å². The molecule has 1 aliphatic rings. The highest BCUT2D eigenvalue weighted by Gasteiger charge is 2.40. The number of anilines is 1. The molecule has 7 heteroatoms. The Kier molecular flexibility index (Phi) is 3.60. The Morgan fingerprint density at radius 1 is 1.53 bits per heavy atom. The second-order valence-electron chi connectivity index (χ2n) is 4.84. The van der Waals surface area contributed by atoms with Crippen LogP contribution < -0.4 is 11.1 Å². The zero-order valence-electron chi connectivity index (χ0n) is 10.4. The smallest absolute Gasteiger partial charge is 0.274 e. The molecule has 102 valence electrons. The summed E-state index contributed by atoms with van der Waals surface area (Å²) >= 11 is 3.29. The van der Waals surface area contributed by atoms with E-state index in [-0.39, 0.29) is 11.6 Å². The molecule has 2 rings (SSSR count). The Morgan fingerprint density at radius 3 is 2.63 bits per heavy atom. The van der Waals surface area contributed by atoms with Crippen LogP contribution in [0.4, 0.5) is 11.4 Å². The number of carbonyl (C=O) groups is 1. The minimum Gasteiger partial charge on any atom is -0.323 e. The lowest BCUT2D eigenvalue weighted by Gasteiger charge is -2.36. The van der Waals surface area contributed by atoms with Crippen molar-refractivity contribution in [3.63, 3.8) is 0 Å². The molecule has 3 N–H and O–H groups in total. The number of nitrogens with two attached hydrogens (primary N) is 1. The Labute approximate surface area is 118 Å². The van der Waals surface area contributed by atoms with Crippen molar-refractivity contribution < 1.29 is 9.72 Å². The standard InChI is InChI=1S/C12H14BrN3O3/c1-7-5-8(13)9(6-10(7)16(18)19)15-11(17)12(14)3-2-4-12/h5-6H,2-4,14H2,1H3,(H,15,17). The summed E-state index contributed by atoms with van der Waals surface area (Å²) in [7, 11) is 0. The van der Waals surface area contributed by atoms with Crippen molar-refractivity contribution >= 4 is 33.2 Å². The Hall–Kier alpha value is -1.47. The van der Waals surface area contributed by atoms with Crippen LogP contribution in [0.3, 0.4) is 0 Å². The Morgan fingerprint density at radius 2 is 2.16 bits per heavy atom. The molecule has 0 heterocycles. The molecule has 0 aliphatic heterocycles. The van der Waals surface area contributed by atoms with E-state index in [9.17, 15) is 14.9 Å². The van der Waals surface area contributed by atoms with Crippen LogP contribution in [-0.2, 0) is 4.79 Å². The van der Waals surface area contributed by atoms with Crippen molar-refractivity contribution in [1.82, 2.24) is 0 Å². The first-order valence-corrected chi connectivity index (χ1v) is 6.68. The molecule has 1 fully saturated rings. The molecule has 1 saturated carbocycles. The number of benzene rings is 1. The molecule has 0 bridgehead atoms. The maximum atomic E-state index is 12.0. The molecule has 0 atom stereocenters. The number of aryl methyl sites for hydroxylation is 1. The fourth-order valence-electron chi connectivity index (χ4n) is 1.99. The van der Waals surface area contributed by atoms with E-state index in [1.165, 1.54) is 6.07 Å². The van der Waals surface area contributed by atoms with Crippen molar-refractivity contribution in [3.05, 3.63) is 32.3 Å². The maximum absolute atomic E-state index is 12.0. The lowest BCUT2D eigenvalue weighted by atomic mass is 9.77. The number of amides is 1. The van der Waals surface area contributed by atoms with Crippen LogP contribution in [0.15, 0.2) is 16.6 Å². The molecule has 0 spiro atoms. The minimum atomic E-state index is -0.834. The van der Waals surface area contributed by atoms with Gasteiger partial charge in [0.25, 0.3) is 5.69 Å². The van der Waals surface area contributed by atoms with Gasteiger partial charge in [0.05, 0.1) is 16.1 Å². The van der Waals surface area contributed by atoms with E-state index in [2.05, 4.69) is 21.2 Å². The van der Waals surface area contributed by atoms with Gasteiger partial charge in [-0.05, 0) is 48.2 Å². The van der Waals surface area contributed by atoms with Gasteiger partial charge in [-0.25, -0.2) is 0 Å². The van der Waals surface area contributed by atoms with E-state index < -0.39 is 10.5 Å². The van der Waals surface area contributed by atoms with Gasteiger partial charge >= 0.3 is 0 Å². The monoisotopic (exact) mass is 327 g/mol. The third kappa shape index (κ3) is 2.62. The number of carbonyl (C=O) groups excluding carboxylic acids is 1. The van der Waals surface area contributed by atoms with Gasteiger partial charge in [0.2, 0.25) is 5.91 Å². The summed E-state index contributed by atoms with van der Waals surface area (Å²) in [6.07, 6.45) is 2.22. The number of hydrogen-bond acceptors (Lipinski definition) is 4. The van der Waals surface area contributed by atoms with Gasteiger partial charge in [0, 0.05) is 16.1 Å². The number of nitrogens with zero attached hydrogens (tertiary/aromatic N) is 1. The number of rotatable bonds is 3. The van der Waals surface area contributed by atoms with Gasteiger partial charge in [-0.3, -0.25) is 14.9 Å². The topological polar surface area (TPSA) is 98.3 Å². The molecule has 1 aromatic carbocycles. The summed E-state index contributed by atoms with van der Waals surface area (Å²) in [6.45, 7) is 1.64. The zero-order valence-corrected chi connectivity index (χ0v) is 12.0. The Balaban J connectivity index is 2.27. The van der Waals surface area contributed by atoms with Crippen molar-refractivity contribution in [3.8, 4) is 0 Å². The van der Waals surface area contributed by atoms with E-state index in [0.29, 0.717) is 28.6 Å². The fraction of sp³-hybridized carbons (Fsp3) is 0.417. The minimum absolute atomic E-state index is 0.0295. The van der Waals surface area contributed by atoms with Gasteiger partial charge in [-0.15, -0.1) is 0 Å². The number of nitrogens with one attached hydrogen (secondary N) is 1. The summed E-state index contributed by atoms with van der Waals surface area (Å²) in [6, 6.07) is 2.96. The van der Waals surface area contributed by atoms with Gasteiger partial charge in [0.15, 0.2) is 0 Å². The predicted molar refractivity (Wildman–Crippen MR) is 74.9 cm³/mol.